The number of piperidine rings is 1. The second-order valence-electron chi connectivity index (χ2n) is 5.98. The zero-order valence-electron chi connectivity index (χ0n) is 12.3. The van der Waals surface area contributed by atoms with E-state index in [9.17, 15) is 4.79 Å². The quantitative estimate of drug-likeness (QED) is 0.836. The molecule has 4 nitrogen and oxygen atoms in total. The van der Waals surface area contributed by atoms with E-state index in [4.69, 9.17) is 5.26 Å². The van der Waals surface area contributed by atoms with Gasteiger partial charge in [0, 0.05) is 24.7 Å². The summed E-state index contributed by atoms with van der Waals surface area (Å²) in [6.07, 6.45) is 5.01. The number of carbonyl (C=O) groups is 1. The smallest absolute Gasteiger partial charge is 0.253 e. The second-order valence-corrected chi connectivity index (χ2v) is 5.98. The van der Waals surface area contributed by atoms with Crippen molar-refractivity contribution in [1.29, 1.82) is 5.26 Å². The highest BCUT2D eigenvalue weighted by atomic mass is 16.2. The minimum absolute atomic E-state index is 0.0963. The zero-order chi connectivity index (χ0) is 14.7. The molecule has 2 fully saturated rings. The number of carbonyl (C=O) groups excluding carboxylic acids is 1. The summed E-state index contributed by atoms with van der Waals surface area (Å²) >= 11 is 0. The lowest BCUT2D eigenvalue weighted by molar-refractivity contribution is 0.0771. The summed E-state index contributed by atoms with van der Waals surface area (Å²) < 4.78 is 0. The van der Waals surface area contributed by atoms with Crippen molar-refractivity contribution in [2.45, 2.75) is 31.7 Å². The van der Waals surface area contributed by atoms with Crippen LogP contribution < -0.4 is 0 Å². The third-order valence-electron chi connectivity index (χ3n) is 4.62. The van der Waals surface area contributed by atoms with E-state index in [-0.39, 0.29) is 5.91 Å². The first kappa shape index (κ1) is 14.1. The van der Waals surface area contributed by atoms with E-state index in [0.29, 0.717) is 17.2 Å². The molecular formula is C17H21N3O. The van der Waals surface area contributed by atoms with E-state index >= 15 is 0 Å². The van der Waals surface area contributed by atoms with Crippen LogP contribution in [0.25, 0.3) is 0 Å². The van der Waals surface area contributed by atoms with Gasteiger partial charge in [0.05, 0.1) is 11.6 Å². The number of likely N-dealkylation sites (tertiary alicyclic amines) is 2. The highest BCUT2D eigenvalue weighted by molar-refractivity contribution is 5.94. The van der Waals surface area contributed by atoms with Crippen LogP contribution in [0.5, 0.6) is 0 Å². The number of nitriles is 1. The molecule has 1 amide bonds. The van der Waals surface area contributed by atoms with Crippen molar-refractivity contribution < 1.29 is 4.79 Å². The number of hydrogen-bond acceptors (Lipinski definition) is 3. The Bertz CT molecular complexity index is 540. The van der Waals surface area contributed by atoms with E-state index in [0.717, 1.165) is 19.5 Å². The molecule has 0 N–H and O–H groups in total. The molecule has 2 aliphatic rings. The molecule has 1 unspecified atom stereocenters. The molecule has 2 aliphatic heterocycles. The topological polar surface area (TPSA) is 47.3 Å². The Kier molecular flexibility index (Phi) is 4.21. The minimum atomic E-state index is 0.0963. The molecule has 2 heterocycles. The van der Waals surface area contributed by atoms with Gasteiger partial charge in [0.1, 0.15) is 0 Å². The standard InChI is InChI=1S/C17H21N3O/c18-12-14-4-6-15(7-5-14)17(21)20-11-8-16(13-20)19-9-2-1-3-10-19/h4-7,16H,1-3,8-11,13H2. The highest BCUT2D eigenvalue weighted by Gasteiger charge is 2.31. The van der Waals surface area contributed by atoms with Gasteiger partial charge in [0.25, 0.3) is 5.91 Å². The first-order valence-electron chi connectivity index (χ1n) is 7.81. The van der Waals surface area contributed by atoms with Crippen LogP contribution in [0.15, 0.2) is 24.3 Å². The number of nitrogens with zero attached hydrogens (tertiary/aromatic N) is 3. The number of amides is 1. The lowest BCUT2D eigenvalue weighted by atomic mass is 10.1. The van der Waals surface area contributed by atoms with Crippen LogP contribution in [0, 0.1) is 11.3 Å². The van der Waals surface area contributed by atoms with Crippen molar-refractivity contribution >= 4 is 5.91 Å². The molecule has 21 heavy (non-hydrogen) atoms. The zero-order valence-corrected chi connectivity index (χ0v) is 12.3. The molecule has 1 atom stereocenters. The van der Waals surface area contributed by atoms with E-state index < -0.39 is 0 Å². The second kappa shape index (κ2) is 6.28. The largest absolute Gasteiger partial charge is 0.337 e. The van der Waals surface area contributed by atoms with Crippen LogP contribution in [0.2, 0.25) is 0 Å². The Morgan fingerprint density at radius 1 is 1.10 bits per heavy atom. The monoisotopic (exact) mass is 283 g/mol. The van der Waals surface area contributed by atoms with Gasteiger partial charge in [-0.15, -0.1) is 0 Å². The van der Waals surface area contributed by atoms with Crippen molar-refractivity contribution in [3.05, 3.63) is 35.4 Å². The average molecular weight is 283 g/mol. The summed E-state index contributed by atoms with van der Waals surface area (Å²) in [7, 11) is 0. The van der Waals surface area contributed by atoms with Gasteiger partial charge < -0.3 is 4.90 Å². The minimum Gasteiger partial charge on any atom is -0.337 e. The van der Waals surface area contributed by atoms with Crippen LogP contribution in [0.1, 0.15) is 41.6 Å². The fraction of sp³-hybridized carbons (Fsp3) is 0.529. The predicted octanol–water partition coefficient (Wildman–Crippen LogP) is 2.26. The van der Waals surface area contributed by atoms with E-state index in [1.165, 1.54) is 32.4 Å². The summed E-state index contributed by atoms with van der Waals surface area (Å²) in [5.41, 5.74) is 1.28. The average Bonchev–Trinajstić information content (AvgIpc) is 3.05. The van der Waals surface area contributed by atoms with Gasteiger partial charge in [-0.3, -0.25) is 9.69 Å². The maximum absolute atomic E-state index is 12.5. The molecule has 4 heteroatoms. The van der Waals surface area contributed by atoms with Gasteiger partial charge in [-0.05, 0) is 56.6 Å². The van der Waals surface area contributed by atoms with Crippen LogP contribution in [-0.2, 0) is 0 Å². The van der Waals surface area contributed by atoms with Crippen molar-refractivity contribution in [2.24, 2.45) is 0 Å². The van der Waals surface area contributed by atoms with Gasteiger partial charge in [0.2, 0.25) is 0 Å². The Labute approximate surface area is 126 Å². The third kappa shape index (κ3) is 3.08. The highest BCUT2D eigenvalue weighted by Crippen LogP contribution is 2.21. The van der Waals surface area contributed by atoms with Gasteiger partial charge in [-0.25, -0.2) is 0 Å². The van der Waals surface area contributed by atoms with Crippen LogP contribution in [0.4, 0.5) is 0 Å². The Balaban J connectivity index is 1.62. The van der Waals surface area contributed by atoms with Crippen LogP contribution in [-0.4, -0.2) is 47.9 Å². The van der Waals surface area contributed by atoms with Crippen molar-refractivity contribution in [1.82, 2.24) is 9.80 Å². The van der Waals surface area contributed by atoms with Crippen LogP contribution in [0.3, 0.4) is 0 Å². The van der Waals surface area contributed by atoms with Gasteiger partial charge >= 0.3 is 0 Å². The normalized spacial score (nSPS) is 23.0. The molecule has 3 rings (SSSR count). The summed E-state index contributed by atoms with van der Waals surface area (Å²) in [4.78, 5) is 17.0. The summed E-state index contributed by atoms with van der Waals surface area (Å²) in [5.74, 6) is 0.0963. The molecule has 110 valence electrons. The first-order valence-corrected chi connectivity index (χ1v) is 7.81. The maximum atomic E-state index is 12.5. The molecular weight excluding hydrogens is 262 g/mol. The Morgan fingerprint density at radius 2 is 1.81 bits per heavy atom. The molecule has 1 aromatic rings. The van der Waals surface area contributed by atoms with E-state index in [2.05, 4.69) is 11.0 Å². The van der Waals surface area contributed by atoms with E-state index in [1.54, 1.807) is 24.3 Å². The summed E-state index contributed by atoms with van der Waals surface area (Å²) in [6.45, 7) is 4.06. The van der Waals surface area contributed by atoms with Crippen molar-refractivity contribution in [3.8, 4) is 6.07 Å². The molecule has 0 saturated carbocycles. The molecule has 2 saturated heterocycles. The maximum Gasteiger partial charge on any atom is 0.253 e. The molecule has 0 spiro atoms. The number of hydrogen-bond donors (Lipinski definition) is 0. The first-order chi connectivity index (χ1) is 10.3. The SMILES string of the molecule is N#Cc1ccc(C(=O)N2CCC(N3CCCCC3)C2)cc1. The number of rotatable bonds is 2. The van der Waals surface area contributed by atoms with E-state index in [1.807, 2.05) is 4.90 Å². The molecule has 0 radical (unpaired) electrons. The van der Waals surface area contributed by atoms with Crippen molar-refractivity contribution in [2.75, 3.05) is 26.2 Å². The lowest BCUT2D eigenvalue weighted by Gasteiger charge is -2.32. The van der Waals surface area contributed by atoms with Gasteiger partial charge in [0.15, 0.2) is 0 Å². The van der Waals surface area contributed by atoms with Gasteiger partial charge in [-0.2, -0.15) is 5.26 Å². The Hall–Kier alpha value is -1.86. The molecule has 0 bridgehead atoms. The van der Waals surface area contributed by atoms with Gasteiger partial charge in [-0.1, -0.05) is 6.42 Å². The lowest BCUT2D eigenvalue weighted by Crippen LogP contribution is -2.41. The summed E-state index contributed by atoms with van der Waals surface area (Å²) in [5, 5.41) is 8.81. The molecule has 1 aromatic carbocycles. The molecule has 0 aliphatic carbocycles. The predicted molar refractivity (Wildman–Crippen MR) is 80.9 cm³/mol. The summed E-state index contributed by atoms with van der Waals surface area (Å²) in [6, 6.07) is 9.56. The fourth-order valence-electron chi connectivity index (χ4n) is 3.38. The van der Waals surface area contributed by atoms with Crippen molar-refractivity contribution in [3.63, 3.8) is 0 Å². The third-order valence-corrected chi connectivity index (χ3v) is 4.62. The van der Waals surface area contributed by atoms with Crippen LogP contribution >= 0.6 is 0 Å². The molecule has 0 aromatic heterocycles. The fourth-order valence-corrected chi connectivity index (χ4v) is 3.38. The Morgan fingerprint density at radius 3 is 2.48 bits per heavy atom. The number of benzene rings is 1.